The number of carbonyl (C=O) groups excluding carboxylic acids is 1. The van der Waals surface area contributed by atoms with Gasteiger partial charge in [-0.1, -0.05) is 28.9 Å². The summed E-state index contributed by atoms with van der Waals surface area (Å²) in [6.07, 6.45) is -3.68. The van der Waals surface area contributed by atoms with E-state index < -0.39 is 11.7 Å². The zero-order valence-electron chi connectivity index (χ0n) is 9.27. The van der Waals surface area contributed by atoms with Crippen LogP contribution in [-0.2, 0) is 23.8 Å². The lowest BCUT2D eigenvalue weighted by Crippen LogP contribution is -2.09. The van der Waals surface area contributed by atoms with Crippen LogP contribution in [-0.4, -0.2) is 11.1 Å². The molecular weight excluding hydrogens is 297 g/mol. The maximum Gasteiger partial charge on any atom is 0.416 e. The highest BCUT2D eigenvalue weighted by Gasteiger charge is 2.30. The van der Waals surface area contributed by atoms with Gasteiger partial charge in [-0.3, -0.25) is 4.79 Å². The maximum absolute atomic E-state index is 12.5. The van der Waals surface area contributed by atoms with Crippen LogP contribution < -0.4 is 0 Å². The molecule has 1 nitrogen and oxygen atoms in total. The number of ketones is 1. The number of hydrogen-bond donors (Lipinski definition) is 0. The van der Waals surface area contributed by atoms with E-state index in [0.717, 1.165) is 12.1 Å². The molecule has 0 bridgehead atoms. The summed E-state index contributed by atoms with van der Waals surface area (Å²) in [6, 6.07) is 3.54. The second-order valence-corrected chi connectivity index (χ2v) is 4.24. The van der Waals surface area contributed by atoms with E-state index in [1.54, 1.807) is 6.92 Å². The van der Waals surface area contributed by atoms with Gasteiger partial charge in [0.2, 0.25) is 0 Å². The number of aryl methyl sites for hydroxylation is 1. The van der Waals surface area contributed by atoms with Gasteiger partial charge in [0.1, 0.15) is 5.78 Å². The van der Waals surface area contributed by atoms with E-state index in [-0.39, 0.29) is 17.5 Å². The number of carbonyl (C=O) groups is 1. The number of hydrogen-bond acceptors (Lipinski definition) is 1. The van der Waals surface area contributed by atoms with Crippen LogP contribution in [0.1, 0.15) is 23.6 Å². The quantitative estimate of drug-likeness (QED) is 0.774. The molecule has 0 saturated carbocycles. The molecule has 1 aromatic carbocycles. The van der Waals surface area contributed by atoms with Crippen LogP contribution in [0.5, 0.6) is 0 Å². The first kappa shape index (κ1) is 14.2. The highest BCUT2D eigenvalue weighted by atomic mass is 79.9. The van der Waals surface area contributed by atoms with Crippen molar-refractivity contribution in [1.82, 2.24) is 0 Å². The summed E-state index contributed by atoms with van der Waals surface area (Å²) in [7, 11) is 0. The first-order chi connectivity index (χ1) is 7.88. The Hall–Kier alpha value is -0.840. The van der Waals surface area contributed by atoms with Crippen molar-refractivity contribution in [3.05, 3.63) is 34.9 Å². The van der Waals surface area contributed by atoms with E-state index in [4.69, 9.17) is 0 Å². The molecule has 0 radical (unpaired) electrons. The summed E-state index contributed by atoms with van der Waals surface area (Å²) < 4.78 is 37.5. The molecule has 0 aliphatic rings. The fourth-order valence-corrected chi connectivity index (χ4v) is 1.76. The minimum Gasteiger partial charge on any atom is -0.298 e. The normalized spacial score (nSPS) is 11.6. The summed E-state index contributed by atoms with van der Waals surface area (Å²) in [5.41, 5.74) is 0.587. The van der Waals surface area contributed by atoms with Gasteiger partial charge in [-0.15, -0.1) is 0 Å². The largest absolute Gasteiger partial charge is 0.416 e. The van der Waals surface area contributed by atoms with Crippen molar-refractivity contribution >= 4 is 21.7 Å². The molecule has 0 aromatic heterocycles. The molecule has 0 spiro atoms. The molecule has 0 amide bonds. The van der Waals surface area contributed by atoms with Crippen molar-refractivity contribution in [2.75, 3.05) is 5.33 Å². The van der Waals surface area contributed by atoms with Crippen molar-refractivity contribution in [3.63, 3.8) is 0 Å². The molecule has 0 atom stereocenters. The van der Waals surface area contributed by atoms with Gasteiger partial charge in [0, 0.05) is 6.42 Å². The van der Waals surface area contributed by atoms with Crippen molar-refractivity contribution in [2.24, 2.45) is 0 Å². The standard InChI is InChI=1S/C12H12BrF3O/c1-2-8-5-10(12(14,15)16)4-3-9(8)6-11(17)7-13/h3-5H,2,6-7H2,1H3. The highest BCUT2D eigenvalue weighted by Crippen LogP contribution is 2.30. The van der Waals surface area contributed by atoms with E-state index in [1.165, 1.54) is 6.07 Å². The molecule has 0 fully saturated rings. The van der Waals surface area contributed by atoms with Gasteiger partial charge in [0.05, 0.1) is 10.9 Å². The average molecular weight is 309 g/mol. The van der Waals surface area contributed by atoms with E-state index in [9.17, 15) is 18.0 Å². The van der Waals surface area contributed by atoms with Crippen LogP contribution in [0.15, 0.2) is 18.2 Å². The molecule has 0 N–H and O–H groups in total. The third kappa shape index (κ3) is 3.84. The molecular formula is C12H12BrF3O. The molecule has 5 heteroatoms. The van der Waals surface area contributed by atoms with Crippen LogP contribution in [0.3, 0.4) is 0 Å². The summed E-state index contributed by atoms with van der Waals surface area (Å²) in [4.78, 5) is 11.3. The zero-order valence-corrected chi connectivity index (χ0v) is 10.9. The van der Waals surface area contributed by atoms with Crippen LogP contribution in [0.4, 0.5) is 13.2 Å². The third-order valence-electron chi connectivity index (χ3n) is 2.45. The Bertz CT molecular complexity index is 413. The summed E-state index contributed by atoms with van der Waals surface area (Å²) in [5.74, 6) is -0.0422. The lowest BCUT2D eigenvalue weighted by molar-refractivity contribution is -0.137. The fourth-order valence-electron chi connectivity index (χ4n) is 1.56. The summed E-state index contributed by atoms with van der Waals surface area (Å²) in [5, 5.41) is 0.219. The summed E-state index contributed by atoms with van der Waals surface area (Å²) in [6.45, 7) is 1.78. The molecule has 0 aliphatic carbocycles. The number of rotatable bonds is 4. The van der Waals surface area contributed by atoms with Gasteiger partial charge in [0.25, 0.3) is 0 Å². The lowest BCUT2D eigenvalue weighted by Gasteiger charge is -2.11. The Morgan fingerprint density at radius 1 is 1.29 bits per heavy atom. The Morgan fingerprint density at radius 2 is 1.94 bits per heavy atom. The predicted octanol–water partition coefficient (Wildman–Crippen LogP) is 3.77. The first-order valence-electron chi connectivity index (χ1n) is 5.15. The van der Waals surface area contributed by atoms with Crippen LogP contribution in [0.2, 0.25) is 0 Å². The van der Waals surface area contributed by atoms with Gasteiger partial charge in [-0.05, 0) is 29.7 Å². The van der Waals surface area contributed by atoms with E-state index >= 15 is 0 Å². The minimum absolute atomic E-state index is 0.0422. The second kappa shape index (κ2) is 5.67. The predicted molar refractivity (Wildman–Crippen MR) is 63.3 cm³/mol. The van der Waals surface area contributed by atoms with Gasteiger partial charge in [-0.25, -0.2) is 0 Å². The van der Waals surface area contributed by atoms with Crippen molar-refractivity contribution in [3.8, 4) is 0 Å². The molecule has 0 aliphatic heterocycles. The topological polar surface area (TPSA) is 17.1 Å². The summed E-state index contributed by atoms with van der Waals surface area (Å²) >= 11 is 3.04. The van der Waals surface area contributed by atoms with Crippen molar-refractivity contribution in [2.45, 2.75) is 25.9 Å². The van der Waals surface area contributed by atoms with E-state index in [0.29, 0.717) is 17.5 Å². The van der Waals surface area contributed by atoms with Crippen molar-refractivity contribution in [1.29, 1.82) is 0 Å². The second-order valence-electron chi connectivity index (χ2n) is 3.68. The molecule has 17 heavy (non-hydrogen) atoms. The zero-order chi connectivity index (χ0) is 13.1. The van der Waals surface area contributed by atoms with Gasteiger partial charge in [0.15, 0.2) is 0 Å². The lowest BCUT2D eigenvalue weighted by atomic mass is 9.98. The van der Waals surface area contributed by atoms with E-state index in [1.807, 2.05) is 0 Å². The fraction of sp³-hybridized carbons (Fsp3) is 0.417. The van der Waals surface area contributed by atoms with Gasteiger partial charge < -0.3 is 0 Å². The van der Waals surface area contributed by atoms with Gasteiger partial charge in [-0.2, -0.15) is 13.2 Å². The maximum atomic E-state index is 12.5. The smallest absolute Gasteiger partial charge is 0.298 e. The molecule has 94 valence electrons. The number of benzene rings is 1. The SMILES string of the molecule is CCc1cc(C(F)(F)F)ccc1CC(=O)CBr. The van der Waals surface area contributed by atoms with Crippen molar-refractivity contribution < 1.29 is 18.0 Å². The number of alkyl halides is 4. The van der Waals surface area contributed by atoms with E-state index in [2.05, 4.69) is 15.9 Å². The Labute approximate surface area is 106 Å². The number of halogens is 4. The molecule has 0 saturated heterocycles. The average Bonchev–Trinajstić information content (AvgIpc) is 2.27. The Morgan fingerprint density at radius 3 is 2.41 bits per heavy atom. The highest BCUT2D eigenvalue weighted by molar-refractivity contribution is 9.09. The molecule has 0 unspecified atom stereocenters. The third-order valence-corrected chi connectivity index (χ3v) is 3.08. The van der Waals surface area contributed by atoms with Gasteiger partial charge >= 0.3 is 6.18 Å². The van der Waals surface area contributed by atoms with Crippen LogP contribution in [0, 0.1) is 0 Å². The molecule has 0 heterocycles. The van der Waals surface area contributed by atoms with Crippen LogP contribution in [0.25, 0.3) is 0 Å². The molecule has 1 aromatic rings. The Balaban J connectivity index is 3.06. The first-order valence-corrected chi connectivity index (χ1v) is 6.27. The Kier molecular flexibility index (Phi) is 4.74. The van der Waals surface area contributed by atoms with Crippen LogP contribution >= 0.6 is 15.9 Å². The number of Topliss-reactive ketones (excluding diaryl/α,β-unsaturated/α-hetero) is 1. The minimum atomic E-state index is -4.33. The molecule has 1 rings (SSSR count). The monoisotopic (exact) mass is 308 g/mol.